The zero-order valence-electron chi connectivity index (χ0n) is 13.6. The molecule has 0 bridgehead atoms. The predicted molar refractivity (Wildman–Crippen MR) is 82.0 cm³/mol. The van der Waals surface area contributed by atoms with Gasteiger partial charge in [-0.3, -0.25) is 9.59 Å². The van der Waals surface area contributed by atoms with Crippen LogP contribution in [0.4, 0.5) is 8.78 Å². The molecule has 124 valence electrons. The molecule has 0 radical (unpaired) electrons. The molecule has 0 aromatic carbocycles. The molecule has 4 rings (SSSR count). The third-order valence-corrected chi connectivity index (χ3v) is 7.05. The molecule has 4 atom stereocenters. The number of allylic oxidation sites excluding steroid dienone is 4. The lowest BCUT2D eigenvalue weighted by Gasteiger charge is -2.51. The quantitative estimate of drug-likeness (QED) is 0.625. The predicted octanol–water partition coefficient (Wildman–Crippen LogP) is 4.25. The summed E-state index contributed by atoms with van der Waals surface area (Å²) in [6.45, 7) is 3.88. The largest absolute Gasteiger partial charge is 0.306 e. The van der Waals surface area contributed by atoms with Crippen LogP contribution < -0.4 is 0 Å². The molecule has 0 aromatic rings. The fraction of sp³-hybridized carbons (Fsp3) is 0.684. The number of carbonyl (C=O) groups is 2. The highest BCUT2D eigenvalue weighted by molar-refractivity contribution is 5.94. The fourth-order valence-corrected chi connectivity index (χ4v) is 5.64. The second-order valence-corrected chi connectivity index (χ2v) is 8.24. The molecule has 0 aromatic heterocycles. The van der Waals surface area contributed by atoms with Gasteiger partial charge in [-0.25, -0.2) is 0 Å². The summed E-state index contributed by atoms with van der Waals surface area (Å²) in [6.07, 6.45) is 6.81. The van der Waals surface area contributed by atoms with E-state index in [2.05, 4.69) is 13.0 Å². The van der Waals surface area contributed by atoms with Crippen LogP contribution in [0.2, 0.25) is 0 Å². The van der Waals surface area contributed by atoms with E-state index in [4.69, 9.17) is 0 Å². The number of fused-ring (bicyclic) bond motifs is 5. The van der Waals surface area contributed by atoms with Gasteiger partial charge in [0.05, 0.1) is 0 Å². The van der Waals surface area contributed by atoms with Crippen LogP contribution >= 0.6 is 0 Å². The molecule has 0 spiro atoms. The van der Waals surface area contributed by atoms with E-state index in [1.807, 2.05) is 0 Å². The molecule has 0 aliphatic heterocycles. The van der Waals surface area contributed by atoms with Crippen molar-refractivity contribution in [2.45, 2.75) is 58.3 Å². The maximum Gasteiger partial charge on any atom is 0.306 e. The Labute approximate surface area is 135 Å². The summed E-state index contributed by atoms with van der Waals surface area (Å²) in [5.41, 5.74) is 1.30. The summed E-state index contributed by atoms with van der Waals surface area (Å²) in [4.78, 5) is 24.0. The maximum absolute atomic E-state index is 14.1. The van der Waals surface area contributed by atoms with Gasteiger partial charge in [0, 0.05) is 23.7 Å². The van der Waals surface area contributed by atoms with E-state index in [1.165, 1.54) is 5.57 Å². The molecule has 4 aliphatic carbocycles. The van der Waals surface area contributed by atoms with Crippen molar-refractivity contribution in [1.29, 1.82) is 0 Å². The molecular formula is C19H22F2O2. The van der Waals surface area contributed by atoms with Gasteiger partial charge in [0.1, 0.15) is 0 Å². The Bertz CT molecular complexity index is 675. The average molecular weight is 320 g/mol. The van der Waals surface area contributed by atoms with Crippen LogP contribution in [0, 0.1) is 22.7 Å². The molecular weight excluding hydrogens is 298 g/mol. The minimum absolute atomic E-state index is 0.0569. The van der Waals surface area contributed by atoms with E-state index in [1.54, 1.807) is 13.0 Å². The number of Topliss-reactive ketones (excluding diaryl/α,β-unsaturated/α-hetero) is 1. The third-order valence-electron chi connectivity index (χ3n) is 7.05. The first kappa shape index (κ1) is 15.2. The van der Waals surface area contributed by atoms with Crippen molar-refractivity contribution in [3.8, 4) is 0 Å². The van der Waals surface area contributed by atoms with Gasteiger partial charge in [-0.1, -0.05) is 31.1 Å². The SMILES string of the molecule is C[C@]12CCC(=O)C=C1CC[C@@H]1C2=CC[C@]2(C)C(=O)C(F)(F)C[C@@H]12. The fourth-order valence-electron chi connectivity index (χ4n) is 5.64. The number of alkyl halides is 2. The Morgan fingerprint density at radius 1 is 1.17 bits per heavy atom. The number of halogens is 2. The van der Waals surface area contributed by atoms with Gasteiger partial charge in [0.25, 0.3) is 0 Å². The van der Waals surface area contributed by atoms with Gasteiger partial charge < -0.3 is 0 Å². The van der Waals surface area contributed by atoms with E-state index in [-0.39, 0.29) is 29.5 Å². The topological polar surface area (TPSA) is 34.1 Å². The van der Waals surface area contributed by atoms with Crippen LogP contribution in [0.1, 0.15) is 52.4 Å². The summed E-state index contributed by atoms with van der Waals surface area (Å²) in [6, 6.07) is 0. The van der Waals surface area contributed by atoms with Crippen molar-refractivity contribution in [2.24, 2.45) is 22.7 Å². The van der Waals surface area contributed by atoms with Crippen molar-refractivity contribution in [1.82, 2.24) is 0 Å². The highest BCUT2D eigenvalue weighted by atomic mass is 19.3. The van der Waals surface area contributed by atoms with Crippen molar-refractivity contribution in [3.63, 3.8) is 0 Å². The van der Waals surface area contributed by atoms with Crippen LogP contribution in [-0.4, -0.2) is 17.5 Å². The second-order valence-electron chi connectivity index (χ2n) is 8.24. The molecule has 4 heteroatoms. The van der Waals surface area contributed by atoms with Gasteiger partial charge in [-0.05, 0) is 43.6 Å². The van der Waals surface area contributed by atoms with Gasteiger partial charge in [-0.15, -0.1) is 0 Å². The molecule has 0 heterocycles. The normalized spacial score (nSPS) is 44.9. The Morgan fingerprint density at radius 2 is 1.91 bits per heavy atom. The van der Waals surface area contributed by atoms with E-state index in [0.717, 1.165) is 24.8 Å². The van der Waals surface area contributed by atoms with Crippen molar-refractivity contribution in [2.75, 3.05) is 0 Å². The number of rotatable bonds is 0. The Hall–Kier alpha value is -1.32. The van der Waals surface area contributed by atoms with E-state index < -0.39 is 17.1 Å². The summed E-state index contributed by atoms with van der Waals surface area (Å²) in [5, 5.41) is 0. The first-order chi connectivity index (χ1) is 10.7. The zero-order chi connectivity index (χ0) is 16.6. The Kier molecular flexibility index (Phi) is 2.91. The monoisotopic (exact) mass is 320 g/mol. The lowest BCUT2D eigenvalue weighted by Crippen LogP contribution is -2.44. The molecule has 2 saturated carbocycles. The number of hydrogen-bond acceptors (Lipinski definition) is 2. The van der Waals surface area contributed by atoms with Crippen LogP contribution in [0.5, 0.6) is 0 Å². The number of hydrogen-bond donors (Lipinski definition) is 0. The standard InChI is InChI=1S/C19H22F2O2/c1-17-7-5-12(22)9-11(17)3-4-13-14(17)6-8-18(2)15(13)10-19(20,21)16(18)23/h6,9,13,15H,3-5,7-8,10H2,1-2H3/t13-,15+,17+,18+/m1/s1. The third kappa shape index (κ3) is 1.84. The molecule has 0 saturated heterocycles. The van der Waals surface area contributed by atoms with Crippen molar-refractivity contribution >= 4 is 11.6 Å². The highest BCUT2D eigenvalue weighted by Crippen LogP contribution is 2.64. The summed E-state index contributed by atoms with van der Waals surface area (Å²) in [5.74, 6) is -4.07. The highest BCUT2D eigenvalue weighted by Gasteiger charge is 2.65. The summed E-state index contributed by atoms with van der Waals surface area (Å²) < 4.78 is 28.2. The minimum Gasteiger partial charge on any atom is -0.295 e. The summed E-state index contributed by atoms with van der Waals surface area (Å²) in [7, 11) is 0. The molecule has 0 N–H and O–H groups in total. The van der Waals surface area contributed by atoms with Crippen LogP contribution in [0.25, 0.3) is 0 Å². The van der Waals surface area contributed by atoms with Gasteiger partial charge in [0.15, 0.2) is 5.78 Å². The number of carbonyl (C=O) groups excluding carboxylic acids is 2. The minimum atomic E-state index is -3.18. The van der Waals surface area contributed by atoms with Gasteiger partial charge >= 0.3 is 5.92 Å². The van der Waals surface area contributed by atoms with Gasteiger partial charge in [0.2, 0.25) is 5.78 Å². The first-order valence-corrected chi connectivity index (χ1v) is 8.56. The lowest BCUT2D eigenvalue weighted by molar-refractivity contribution is -0.145. The molecule has 0 amide bonds. The van der Waals surface area contributed by atoms with Crippen molar-refractivity contribution in [3.05, 3.63) is 23.3 Å². The van der Waals surface area contributed by atoms with E-state index >= 15 is 0 Å². The Balaban J connectivity index is 1.78. The average Bonchev–Trinajstić information content (AvgIpc) is 2.68. The maximum atomic E-state index is 14.1. The summed E-state index contributed by atoms with van der Waals surface area (Å²) >= 11 is 0. The van der Waals surface area contributed by atoms with Crippen LogP contribution in [0.3, 0.4) is 0 Å². The first-order valence-electron chi connectivity index (χ1n) is 8.56. The van der Waals surface area contributed by atoms with Gasteiger partial charge in [-0.2, -0.15) is 8.78 Å². The van der Waals surface area contributed by atoms with Crippen LogP contribution in [-0.2, 0) is 9.59 Å². The molecule has 23 heavy (non-hydrogen) atoms. The second kappa shape index (κ2) is 4.40. The Morgan fingerprint density at radius 3 is 2.65 bits per heavy atom. The molecule has 4 aliphatic rings. The lowest BCUT2D eigenvalue weighted by atomic mass is 9.52. The zero-order valence-corrected chi connectivity index (χ0v) is 13.6. The van der Waals surface area contributed by atoms with E-state index in [0.29, 0.717) is 12.8 Å². The molecule has 2 nitrogen and oxygen atoms in total. The number of ketones is 2. The van der Waals surface area contributed by atoms with E-state index in [9.17, 15) is 18.4 Å². The van der Waals surface area contributed by atoms with Crippen molar-refractivity contribution < 1.29 is 18.4 Å². The molecule has 0 unspecified atom stereocenters. The molecule has 2 fully saturated rings. The van der Waals surface area contributed by atoms with Crippen LogP contribution in [0.15, 0.2) is 23.3 Å². The smallest absolute Gasteiger partial charge is 0.295 e.